The first-order valence-corrected chi connectivity index (χ1v) is 14.3. The maximum atomic E-state index is 13.3. The van der Waals surface area contributed by atoms with Crippen LogP contribution in [0.4, 0.5) is 20.3 Å². The van der Waals surface area contributed by atoms with Gasteiger partial charge in [-0.25, -0.2) is 9.97 Å². The lowest BCUT2D eigenvalue weighted by Crippen LogP contribution is -2.51. The summed E-state index contributed by atoms with van der Waals surface area (Å²) >= 11 is 0. The van der Waals surface area contributed by atoms with Crippen molar-refractivity contribution in [2.24, 2.45) is 0 Å². The third kappa shape index (κ3) is 7.01. The number of nitrogens with zero attached hydrogens (tertiary/aromatic N) is 5. The summed E-state index contributed by atoms with van der Waals surface area (Å²) < 4.78 is 31.3. The number of hydrogen-bond acceptors (Lipinski definition) is 9. The van der Waals surface area contributed by atoms with Crippen LogP contribution in [0.15, 0.2) is 61.1 Å². The summed E-state index contributed by atoms with van der Waals surface area (Å²) in [4.78, 5) is 34.6. The lowest BCUT2D eigenvalue weighted by atomic mass is 10.1. The molecule has 0 radical (unpaired) electrons. The van der Waals surface area contributed by atoms with E-state index in [1.54, 1.807) is 30.7 Å². The number of nitrogens with one attached hydrogen (secondary N) is 2. The van der Waals surface area contributed by atoms with E-state index in [1.165, 1.54) is 12.1 Å². The van der Waals surface area contributed by atoms with E-state index in [9.17, 15) is 18.7 Å². The number of β-amino-alcohol motifs (C(OH)–C–C–N with tert-alkyl or cyclic N) is 1. The number of aliphatic hydroxyl groups excluding tert-OH is 1. The average molecular weight is 608 g/mol. The molecule has 6 rings (SSSR count). The van der Waals surface area contributed by atoms with Crippen LogP contribution in [0.2, 0.25) is 0 Å². The fraction of sp³-hybridized carbons (Fsp3) is 0.355. The van der Waals surface area contributed by atoms with E-state index in [-0.39, 0.29) is 17.8 Å². The third-order valence-electron chi connectivity index (χ3n) is 7.86. The van der Waals surface area contributed by atoms with E-state index >= 15 is 0 Å². The van der Waals surface area contributed by atoms with Gasteiger partial charge in [0, 0.05) is 74.5 Å². The number of aryl methyl sites for hydroxylation is 1. The molecule has 1 unspecified atom stereocenters. The topological polar surface area (TPSA) is 124 Å². The molecule has 0 bridgehead atoms. The smallest absolute Gasteiger partial charge is 0.387 e. The molecule has 2 saturated heterocycles. The molecule has 3 N–H and O–H groups in total. The highest BCUT2D eigenvalue weighted by atomic mass is 19.3. The number of benzene rings is 2. The van der Waals surface area contributed by atoms with E-state index in [0.717, 1.165) is 48.6 Å². The zero-order valence-corrected chi connectivity index (χ0v) is 24.3. The van der Waals surface area contributed by atoms with Gasteiger partial charge in [0.2, 0.25) is 0 Å². The molecule has 2 aliphatic rings. The molecule has 13 heteroatoms. The minimum atomic E-state index is -2.88. The summed E-state index contributed by atoms with van der Waals surface area (Å²) in [5.74, 6) is 0.654. The molecule has 2 aromatic carbocycles. The number of amides is 1. The minimum Gasteiger partial charge on any atom is -0.435 e. The predicted octanol–water partition coefficient (Wildman–Crippen LogP) is 3.35. The number of fused-ring (bicyclic) bond motifs is 1. The number of alkyl halides is 2. The molecule has 11 nitrogen and oxygen atoms in total. The van der Waals surface area contributed by atoms with Crippen molar-refractivity contribution < 1.29 is 28.2 Å². The van der Waals surface area contributed by atoms with Crippen LogP contribution in [0.5, 0.6) is 5.75 Å². The number of aromatic nitrogens is 3. The van der Waals surface area contributed by atoms with Gasteiger partial charge in [0.15, 0.2) is 11.5 Å². The summed E-state index contributed by atoms with van der Waals surface area (Å²) in [7, 11) is 0. The Bertz CT molecular complexity index is 1580. The van der Waals surface area contributed by atoms with Gasteiger partial charge in [-0.1, -0.05) is 0 Å². The van der Waals surface area contributed by atoms with Crippen LogP contribution < -0.4 is 15.4 Å². The van der Waals surface area contributed by atoms with Gasteiger partial charge in [0.1, 0.15) is 12.5 Å². The second kappa shape index (κ2) is 13.9. The molecule has 44 heavy (non-hydrogen) atoms. The molecule has 2 aliphatic heterocycles. The Morgan fingerprint density at radius 3 is 2.55 bits per heavy atom. The maximum Gasteiger partial charge on any atom is 0.387 e. The van der Waals surface area contributed by atoms with Gasteiger partial charge >= 0.3 is 6.61 Å². The van der Waals surface area contributed by atoms with Gasteiger partial charge in [-0.2, -0.15) is 8.78 Å². The predicted molar refractivity (Wildman–Crippen MR) is 161 cm³/mol. The second-order valence-electron chi connectivity index (χ2n) is 10.8. The number of imidazole rings is 1. The van der Waals surface area contributed by atoms with Crippen LogP contribution >= 0.6 is 0 Å². The fourth-order valence-corrected chi connectivity index (χ4v) is 5.70. The molecule has 1 amide bonds. The molecule has 4 aromatic rings. The number of rotatable bonds is 8. The largest absolute Gasteiger partial charge is 0.435 e. The number of carbonyl (C=O) groups excluding carboxylic acids is 2. The first-order valence-electron chi connectivity index (χ1n) is 14.3. The molecule has 4 heterocycles. The van der Waals surface area contributed by atoms with Gasteiger partial charge in [-0.05, 0) is 61.4 Å². The Balaban J connectivity index is 0.00000188. The third-order valence-corrected chi connectivity index (χ3v) is 7.86. The number of ether oxygens (including phenoxy) is 1. The van der Waals surface area contributed by atoms with Gasteiger partial charge in [0.25, 0.3) is 5.91 Å². The SMILES string of the molecule is C=O.Cc1cc(Nc2nccn3c(-c4ccc(OC(F)F)cc4)cnc23)ccc1C(=O)N1CCN(CC2C[C@H](O)CN2)CC1. The Morgan fingerprint density at radius 2 is 1.89 bits per heavy atom. The zero-order valence-electron chi connectivity index (χ0n) is 24.3. The highest BCUT2D eigenvalue weighted by Gasteiger charge is 2.28. The van der Waals surface area contributed by atoms with E-state index in [4.69, 9.17) is 4.79 Å². The van der Waals surface area contributed by atoms with Crippen molar-refractivity contribution in [3.8, 4) is 17.0 Å². The van der Waals surface area contributed by atoms with Crippen LogP contribution in [0.1, 0.15) is 22.3 Å². The van der Waals surface area contributed by atoms with Crippen LogP contribution in [-0.2, 0) is 4.79 Å². The van der Waals surface area contributed by atoms with Crippen molar-refractivity contribution in [2.45, 2.75) is 32.1 Å². The van der Waals surface area contributed by atoms with Crippen molar-refractivity contribution >= 4 is 29.8 Å². The highest BCUT2D eigenvalue weighted by molar-refractivity contribution is 5.96. The highest BCUT2D eigenvalue weighted by Crippen LogP contribution is 2.28. The quantitative estimate of drug-likeness (QED) is 0.277. The Hall–Kier alpha value is -4.46. The number of piperazine rings is 1. The Labute approximate surface area is 253 Å². The molecule has 2 atom stereocenters. The fourth-order valence-electron chi connectivity index (χ4n) is 5.70. The van der Waals surface area contributed by atoms with E-state index < -0.39 is 6.61 Å². The van der Waals surface area contributed by atoms with Crippen LogP contribution in [0.25, 0.3) is 16.9 Å². The molecule has 0 aliphatic carbocycles. The average Bonchev–Trinajstić information content (AvgIpc) is 3.65. The Morgan fingerprint density at radius 1 is 1.14 bits per heavy atom. The summed E-state index contributed by atoms with van der Waals surface area (Å²) in [5, 5.41) is 16.4. The van der Waals surface area contributed by atoms with E-state index in [2.05, 4.69) is 30.2 Å². The number of carbonyl (C=O) groups is 2. The maximum absolute atomic E-state index is 13.3. The lowest BCUT2D eigenvalue weighted by molar-refractivity contribution is -0.0980. The van der Waals surface area contributed by atoms with Gasteiger partial charge in [-0.3, -0.25) is 14.1 Å². The van der Waals surface area contributed by atoms with Crippen molar-refractivity contribution in [3.05, 3.63) is 72.2 Å². The summed E-state index contributed by atoms with van der Waals surface area (Å²) in [6, 6.07) is 12.3. The van der Waals surface area contributed by atoms with Gasteiger partial charge in [0.05, 0.1) is 18.0 Å². The zero-order chi connectivity index (χ0) is 31.2. The number of halogens is 2. The van der Waals surface area contributed by atoms with E-state index in [0.29, 0.717) is 42.7 Å². The first-order chi connectivity index (χ1) is 21.3. The minimum absolute atomic E-state index is 0.0243. The molecular weight excluding hydrogens is 572 g/mol. The first kappa shape index (κ1) is 31.0. The van der Waals surface area contributed by atoms with Crippen molar-refractivity contribution in [2.75, 3.05) is 44.6 Å². The number of aliphatic hydroxyl groups is 1. The molecule has 2 aromatic heterocycles. The van der Waals surface area contributed by atoms with Gasteiger partial charge < -0.3 is 30.2 Å². The molecular formula is C31H35F2N7O4. The standard InChI is InChI=1S/C30H33F2N7O3.CH2O/c1-19-14-21(4-7-25(19)29(41)38-12-10-37(11-13-38)18-22-15-23(40)16-34-22)36-27-28-35-17-26(39(28)9-8-33-27)20-2-5-24(6-3-20)42-30(31)32;1-2/h2-9,14,17,22-23,30,34,40H,10-13,15-16,18H2,1H3,(H,33,36);1H2/t22?,23-;/m0./s1. The lowest BCUT2D eigenvalue weighted by Gasteiger charge is -2.36. The second-order valence-corrected chi connectivity index (χ2v) is 10.8. The summed E-state index contributed by atoms with van der Waals surface area (Å²) in [6.07, 6.45) is 5.66. The summed E-state index contributed by atoms with van der Waals surface area (Å²) in [5.41, 5.74) is 4.46. The summed E-state index contributed by atoms with van der Waals surface area (Å²) in [6.45, 7) is 5.56. The molecule has 0 saturated carbocycles. The number of anilines is 2. The molecule has 0 spiro atoms. The number of hydrogen-bond donors (Lipinski definition) is 3. The normalized spacial score (nSPS) is 18.7. The molecule has 2 fully saturated rings. The monoisotopic (exact) mass is 607 g/mol. The van der Waals surface area contributed by atoms with Crippen molar-refractivity contribution in [1.82, 2.24) is 29.5 Å². The van der Waals surface area contributed by atoms with Crippen molar-refractivity contribution in [1.29, 1.82) is 0 Å². The van der Waals surface area contributed by atoms with Crippen LogP contribution in [0.3, 0.4) is 0 Å². The van der Waals surface area contributed by atoms with Gasteiger partial charge in [-0.15, -0.1) is 0 Å². The van der Waals surface area contributed by atoms with Crippen molar-refractivity contribution in [3.63, 3.8) is 0 Å². The van der Waals surface area contributed by atoms with Crippen LogP contribution in [-0.4, -0.2) is 100.0 Å². The van der Waals surface area contributed by atoms with Crippen LogP contribution in [0, 0.1) is 6.92 Å². The molecule has 232 valence electrons. The van der Waals surface area contributed by atoms with E-state index in [1.807, 2.05) is 41.2 Å². The Kier molecular flexibility index (Phi) is 9.78.